The Morgan fingerprint density at radius 3 is 2.17 bits per heavy atom. The average molecular weight is 363 g/mol. The molecule has 2 aromatic carbocycles. The van der Waals surface area contributed by atoms with Crippen LogP contribution in [0.1, 0.15) is 12.5 Å². The quantitative estimate of drug-likeness (QED) is 0.803. The molecule has 6 heteroatoms. The standard InChI is InChI=1S/C18H19ClN2O2S/c1-12-3-7-16(8-4-12)21-18(23)13(2)24-11-17(22)20-15-9-5-14(19)6-10-15/h3-10,13H,11H2,1-2H3,(H,20,22)(H,21,23)/t13-/m1/s1. The van der Waals surface area contributed by atoms with Crippen molar-refractivity contribution in [1.82, 2.24) is 0 Å². The highest BCUT2D eigenvalue weighted by Crippen LogP contribution is 2.17. The van der Waals surface area contributed by atoms with Gasteiger partial charge in [-0.2, -0.15) is 0 Å². The first kappa shape index (κ1) is 18.4. The van der Waals surface area contributed by atoms with E-state index < -0.39 is 0 Å². The Morgan fingerprint density at radius 2 is 1.54 bits per heavy atom. The van der Waals surface area contributed by atoms with Crippen molar-refractivity contribution in [3.63, 3.8) is 0 Å². The minimum absolute atomic E-state index is 0.122. The molecule has 0 aromatic heterocycles. The van der Waals surface area contributed by atoms with Gasteiger partial charge in [0, 0.05) is 16.4 Å². The molecule has 24 heavy (non-hydrogen) atoms. The number of carbonyl (C=O) groups excluding carboxylic acids is 2. The molecule has 0 aliphatic rings. The minimum Gasteiger partial charge on any atom is -0.325 e. The second-order valence-electron chi connectivity index (χ2n) is 5.36. The summed E-state index contributed by atoms with van der Waals surface area (Å²) >= 11 is 7.09. The van der Waals surface area contributed by atoms with Crippen molar-refractivity contribution in [1.29, 1.82) is 0 Å². The molecule has 0 bridgehead atoms. The summed E-state index contributed by atoms with van der Waals surface area (Å²) in [6.07, 6.45) is 0. The smallest absolute Gasteiger partial charge is 0.237 e. The zero-order valence-corrected chi connectivity index (χ0v) is 15.1. The van der Waals surface area contributed by atoms with Gasteiger partial charge in [0.1, 0.15) is 0 Å². The third-order valence-corrected chi connectivity index (χ3v) is 4.68. The van der Waals surface area contributed by atoms with Crippen molar-refractivity contribution < 1.29 is 9.59 Å². The number of halogens is 1. The van der Waals surface area contributed by atoms with Gasteiger partial charge in [0.25, 0.3) is 0 Å². The van der Waals surface area contributed by atoms with Crippen LogP contribution in [0.4, 0.5) is 11.4 Å². The molecule has 0 aliphatic heterocycles. The zero-order valence-electron chi connectivity index (χ0n) is 13.5. The summed E-state index contributed by atoms with van der Waals surface area (Å²) in [4.78, 5) is 24.1. The fraction of sp³-hybridized carbons (Fsp3) is 0.222. The van der Waals surface area contributed by atoms with Crippen LogP contribution in [-0.2, 0) is 9.59 Å². The zero-order chi connectivity index (χ0) is 17.5. The minimum atomic E-state index is -0.331. The number of hydrogen-bond donors (Lipinski definition) is 2. The summed E-state index contributed by atoms with van der Waals surface area (Å²) in [5.74, 6) is -0.0778. The van der Waals surface area contributed by atoms with E-state index in [1.165, 1.54) is 11.8 Å². The summed E-state index contributed by atoms with van der Waals surface area (Å²) in [5, 5.41) is 5.90. The van der Waals surface area contributed by atoms with Gasteiger partial charge in [0.15, 0.2) is 0 Å². The van der Waals surface area contributed by atoms with Crippen LogP contribution in [0.2, 0.25) is 5.02 Å². The van der Waals surface area contributed by atoms with Crippen molar-refractivity contribution in [2.75, 3.05) is 16.4 Å². The Labute approximate surface area is 151 Å². The maximum Gasteiger partial charge on any atom is 0.237 e. The van der Waals surface area contributed by atoms with Crippen molar-refractivity contribution in [3.8, 4) is 0 Å². The molecule has 0 radical (unpaired) electrons. The lowest BCUT2D eigenvalue weighted by atomic mass is 10.2. The Hall–Kier alpha value is -1.98. The molecule has 2 rings (SSSR count). The van der Waals surface area contributed by atoms with Gasteiger partial charge in [-0.1, -0.05) is 29.3 Å². The van der Waals surface area contributed by atoms with E-state index >= 15 is 0 Å². The van der Waals surface area contributed by atoms with Crippen molar-refractivity contribution >= 4 is 46.6 Å². The molecule has 2 amide bonds. The van der Waals surface area contributed by atoms with E-state index in [0.717, 1.165) is 11.3 Å². The van der Waals surface area contributed by atoms with Crippen molar-refractivity contribution in [2.24, 2.45) is 0 Å². The van der Waals surface area contributed by atoms with E-state index in [-0.39, 0.29) is 22.8 Å². The number of anilines is 2. The molecule has 0 saturated carbocycles. The number of carbonyl (C=O) groups is 2. The Morgan fingerprint density at radius 1 is 1.00 bits per heavy atom. The Kier molecular flexibility index (Phi) is 6.70. The van der Waals surface area contributed by atoms with Crippen molar-refractivity contribution in [2.45, 2.75) is 19.1 Å². The summed E-state index contributed by atoms with van der Waals surface area (Å²) < 4.78 is 0. The van der Waals surface area contributed by atoms with E-state index in [0.29, 0.717) is 10.7 Å². The first-order chi connectivity index (χ1) is 11.4. The number of hydrogen-bond acceptors (Lipinski definition) is 3. The first-order valence-electron chi connectivity index (χ1n) is 7.48. The van der Waals surface area contributed by atoms with Gasteiger partial charge < -0.3 is 10.6 Å². The molecule has 0 heterocycles. The highest BCUT2D eigenvalue weighted by Gasteiger charge is 2.15. The van der Waals surface area contributed by atoms with E-state index in [2.05, 4.69) is 10.6 Å². The maximum atomic E-state index is 12.1. The predicted molar refractivity (Wildman–Crippen MR) is 102 cm³/mol. The molecule has 0 unspecified atom stereocenters. The lowest BCUT2D eigenvalue weighted by molar-refractivity contribution is -0.115. The number of amides is 2. The number of aryl methyl sites for hydroxylation is 1. The fourth-order valence-corrected chi connectivity index (χ4v) is 2.70. The maximum absolute atomic E-state index is 12.1. The largest absolute Gasteiger partial charge is 0.325 e. The lowest BCUT2D eigenvalue weighted by Gasteiger charge is -2.12. The molecule has 2 N–H and O–H groups in total. The Bertz CT molecular complexity index is 702. The Balaban J connectivity index is 1.77. The monoisotopic (exact) mass is 362 g/mol. The van der Waals surface area contributed by atoms with Crippen LogP contribution in [0.3, 0.4) is 0 Å². The van der Waals surface area contributed by atoms with E-state index in [1.807, 2.05) is 31.2 Å². The highest BCUT2D eigenvalue weighted by atomic mass is 35.5. The van der Waals surface area contributed by atoms with Crippen LogP contribution in [0.5, 0.6) is 0 Å². The van der Waals surface area contributed by atoms with Crippen LogP contribution < -0.4 is 10.6 Å². The van der Waals surface area contributed by atoms with E-state index in [1.54, 1.807) is 31.2 Å². The van der Waals surface area contributed by atoms with Crippen LogP contribution >= 0.6 is 23.4 Å². The third kappa shape index (κ3) is 5.91. The SMILES string of the molecule is Cc1ccc(NC(=O)[C@@H](C)SCC(=O)Nc2ccc(Cl)cc2)cc1. The second kappa shape index (κ2) is 8.76. The summed E-state index contributed by atoms with van der Waals surface area (Å²) in [6.45, 7) is 3.77. The van der Waals surface area contributed by atoms with Gasteiger partial charge in [-0.15, -0.1) is 11.8 Å². The second-order valence-corrected chi connectivity index (χ2v) is 7.13. The lowest BCUT2D eigenvalue weighted by Crippen LogP contribution is -2.25. The van der Waals surface area contributed by atoms with E-state index in [4.69, 9.17) is 11.6 Å². The topological polar surface area (TPSA) is 58.2 Å². The molecule has 0 fully saturated rings. The number of rotatable bonds is 6. The van der Waals surface area contributed by atoms with Crippen LogP contribution in [0.25, 0.3) is 0 Å². The molecule has 126 valence electrons. The van der Waals surface area contributed by atoms with E-state index in [9.17, 15) is 9.59 Å². The molecule has 0 saturated heterocycles. The number of nitrogens with one attached hydrogen (secondary N) is 2. The van der Waals surface area contributed by atoms with Gasteiger partial charge in [0.2, 0.25) is 11.8 Å². The van der Waals surface area contributed by atoms with Crippen molar-refractivity contribution in [3.05, 3.63) is 59.1 Å². The van der Waals surface area contributed by atoms with Gasteiger partial charge in [-0.25, -0.2) is 0 Å². The summed E-state index contributed by atoms with van der Waals surface area (Å²) in [6, 6.07) is 14.5. The van der Waals surface area contributed by atoms with Crippen LogP contribution in [0, 0.1) is 6.92 Å². The molecule has 1 atom stereocenters. The molecule has 0 aliphatic carbocycles. The summed E-state index contributed by atoms with van der Waals surface area (Å²) in [5.41, 5.74) is 2.57. The third-order valence-electron chi connectivity index (χ3n) is 3.28. The van der Waals surface area contributed by atoms with Crippen LogP contribution in [0.15, 0.2) is 48.5 Å². The molecular formula is C18H19ClN2O2S. The normalized spacial score (nSPS) is 11.6. The van der Waals surface area contributed by atoms with Gasteiger partial charge in [-0.3, -0.25) is 9.59 Å². The molecular weight excluding hydrogens is 344 g/mol. The number of thioether (sulfide) groups is 1. The average Bonchev–Trinajstić information content (AvgIpc) is 2.57. The van der Waals surface area contributed by atoms with Crippen LogP contribution in [-0.4, -0.2) is 22.8 Å². The predicted octanol–water partition coefficient (Wildman–Crippen LogP) is 4.35. The number of benzene rings is 2. The summed E-state index contributed by atoms with van der Waals surface area (Å²) in [7, 11) is 0. The van der Waals surface area contributed by atoms with Gasteiger partial charge in [-0.05, 0) is 50.2 Å². The fourth-order valence-electron chi connectivity index (χ4n) is 1.89. The molecule has 2 aromatic rings. The molecule has 4 nitrogen and oxygen atoms in total. The van der Waals surface area contributed by atoms with Gasteiger partial charge in [0.05, 0.1) is 11.0 Å². The highest BCUT2D eigenvalue weighted by molar-refractivity contribution is 8.01. The molecule has 0 spiro atoms. The first-order valence-corrected chi connectivity index (χ1v) is 8.91. The van der Waals surface area contributed by atoms with Gasteiger partial charge >= 0.3 is 0 Å².